The second-order valence-corrected chi connectivity index (χ2v) is 5.89. The number of alkyl halides is 3. The predicted octanol–water partition coefficient (Wildman–Crippen LogP) is 1.55. The lowest BCUT2D eigenvalue weighted by atomic mass is 10.2. The van der Waals surface area contributed by atoms with E-state index in [1.165, 1.54) is 26.0 Å². The highest BCUT2D eigenvalue weighted by Gasteiger charge is 2.34. The summed E-state index contributed by atoms with van der Waals surface area (Å²) in [4.78, 5) is 12.2. The molecule has 118 valence electrons. The smallest absolute Gasteiger partial charge is 0.404 e. The van der Waals surface area contributed by atoms with E-state index in [1.54, 1.807) is 4.83 Å². The van der Waals surface area contributed by atoms with Gasteiger partial charge in [-0.25, -0.2) is 8.42 Å². The Morgan fingerprint density at radius 1 is 1.24 bits per heavy atom. The summed E-state index contributed by atoms with van der Waals surface area (Å²) in [5, 5.41) is 0. The van der Waals surface area contributed by atoms with Crippen molar-refractivity contribution in [1.82, 2.24) is 10.3 Å². The van der Waals surface area contributed by atoms with Crippen LogP contribution in [0.3, 0.4) is 0 Å². The molecular formula is C11H13F3N2O4S. The van der Waals surface area contributed by atoms with Crippen molar-refractivity contribution in [3.05, 3.63) is 24.3 Å². The van der Waals surface area contributed by atoms with E-state index in [0.29, 0.717) is 0 Å². The van der Waals surface area contributed by atoms with Crippen molar-refractivity contribution in [2.45, 2.75) is 25.1 Å². The maximum Gasteiger partial charge on any atom is 0.573 e. The van der Waals surface area contributed by atoms with Gasteiger partial charge in [-0.15, -0.1) is 18.0 Å². The highest BCUT2D eigenvalue weighted by Crippen LogP contribution is 2.28. The molecule has 6 nitrogen and oxygen atoms in total. The third-order valence-electron chi connectivity index (χ3n) is 2.20. The molecule has 0 heterocycles. The van der Waals surface area contributed by atoms with Crippen LogP contribution in [0.25, 0.3) is 0 Å². The van der Waals surface area contributed by atoms with Gasteiger partial charge >= 0.3 is 6.36 Å². The monoisotopic (exact) mass is 326 g/mol. The molecule has 1 rings (SSSR count). The van der Waals surface area contributed by atoms with E-state index < -0.39 is 38.9 Å². The minimum absolute atomic E-state index is 0.505. The lowest BCUT2D eigenvalue weighted by Gasteiger charge is -2.14. The minimum Gasteiger partial charge on any atom is -0.404 e. The molecule has 0 fully saturated rings. The van der Waals surface area contributed by atoms with E-state index in [0.717, 1.165) is 12.1 Å². The first-order chi connectivity index (χ1) is 9.53. The van der Waals surface area contributed by atoms with E-state index in [2.05, 4.69) is 4.74 Å². The van der Waals surface area contributed by atoms with Crippen molar-refractivity contribution >= 4 is 15.9 Å². The molecule has 1 amide bonds. The van der Waals surface area contributed by atoms with Crippen molar-refractivity contribution < 1.29 is 31.1 Å². The number of halogens is 3. The normalized spacial score (nSPS) is 12.3. The Morgan fingerprint density at radius 3 is 2.33 bits per heavy atom. The van der Waals surface area contributed by atoms with Crippen molar-refractivity contribution in [3.63, 3.8) is 0 Å². The van der Waals surface area contributed by atoms with Crippen LogP contribution in [-0.2, 0) is 14.8 Å². The Bertz CT molecular complexity index is 614. The standard InChI is InChI=1S/C11H13F3N2O4S/c1-7(2)10(17)15-16-21(18,19)9-6-4-3-5-8(9)20-11(12,13)14/h3-7,16H,1-2H3,(H,15,17). The van der Waals surface area contributed by atoms with E-state index in [-0.39, 0.29) is 0 Å². The van der Waals surface area contributed by atoms with Crippen molar-refractivity contribution in [3.8, 4) is 5.75 Å². The molecule has 0 atom stereocenters. The first kappa shape index (κ1) is 17.2. The minimum atomic E-state index is -5.03. The quantitative estimate of drug-likeness (QED) is 0.804. The highest BCUT2D eigenvalue weighted by molar-refractivity contribution is 7.89. The molecule has 1 aromatic carbocycles. The molecule has 0 aliphatic heterocycles. The third kappa shape index (κ3) is 5.23. The SMILES string of the molecule is CC(C)C(=O)NNS(=O)(=O)c1ccccc1OC(F)(F)F. The number of hydrazine groups is 1. The first-order valence-corrected chi connectivity index (χ1v) is 7.17. The number of carbonyl (C=O) groups excluding carboxylic acids is 1. The molecule has 0 aromatic heterocycles. The zero-order valence-electron chi connectivity index (χ0n) is 11.1. The van der Waals surface area contributed by atoms with Gasteiger partial charge in [0.2, 0.25) is 5.91 Å². The summed E-state index contributed by atoms with van der Waals surface area (Å²) >= 11 is 0. The van der Waals surface area contributed by atoms with Gasteiger partial charge in [0.05, 0.1) is 0 Å². The number of sulfonamides is 1. The number of carbonyl (C=O) groups is 1. The first-order valence-electron chi connectivity index (χ1n) is 5.69. The number of benzene rings is 1. The van der Waals surface area contributed by atoms with Crippen LogP contribution in [0.4, 0.5) is 13.2 Å². The summed E-state index contributed by atoms with van der Waals surface area (Å²) in [6, 6.07) is 4.19. The van der Waals surface area contributed by atoms with Gasteiger partial charge in [0.25, 0.3) is 10.0 Å². The van der Waals surface area contributed by atoms with Crippen LogP contribution in [0.2, 0.25) is 0 Å². The lowest BCUT2D eigenvalue weighted by Crippen LogP contribution is -2.43. The number of para-hydroxylation sites is 1. The summed E-state index contributed by atoms with van der Waals surface area (Å²) in [7, 11) is -4.40. The van der Waals surface area contributed by atoms with E-state index in [4.69, 9.17) is 0 Å². The van der Waals surface area contributed by atoms with Gasteiger partial charge in [0, 0.05) is 5.92 Å². The second-order valence-electron chi connectivity index (χ2n) is 4.24. The van der Waals surface area contributed by atoms with Crippen molar-refractivity contribution in [2.24, 2.45) is 5.92 Å². The summed E-state index contributed by atoms with van der Waals surface area (Å²) < 4.78 is 64.1. The Balaban J connectivity index is 3.01. The highest BCUT2D eigenvalue weighted by atomic mass is 32.2. The Kier molecular flexibility index (Phi) is 5.18. The molecule has 0 saturated heterocycles. The largest absolute Gasteiger partial charge is 0.573 e. The number of ether oxygens (including phenoxy) is 1. The maximum absolute atomic E-state index is 12.2. The molecule has 0 unspecified atom stereocenters. The zero-order chi connectivity index (χ0) is 16.3. The average molecular weight is 326 g/mol. The molecule has 0 aliphatic rings. The zero-order valence-corrected chi connectivity index (χ0v) is 11.9. The van der Waals surface area contributed by atoms with Crippen LogP contribution in [0, 0.1) is 5.92 Å². The summed E-state index contributed by atoms with van der Waals surface area (Å²) in [5.74, 6) is -2.03. The Morgan fingerprint density at radius 2 is 1.81 bits per heavy atom. The molecular weight excluding hydrogens is 313 g/mol. The van der Waals surface area contributed by atoms with Gasteiger partial charge in [-0.3, -0.25) is 10.2 Å². The van der Waals surface area contributed by atoms with Crippen molar-refractivity contribution in [2.75, 3.05) is 0 Å². The fourth-order valence-electron chi connectivity index (χ4n) is 1.20. The third-order valence-corrected chi connectivity index (χ3v) is 3.48. The van der Waals surface area contributed by atoms with Gasteiger partial charge in [0.15, 0.2) is 0 Å². The van der Waals surface area contributed by atoms with Gasteiger partial charge in [-0.2, -0.15) is 0 Å². The summed E-state index contributed by atoms with van der Waals surface area (Å²) in [6.07, 6.45) is -5.03. The maximum atomic E-state index is 12.2. The topological polar surface area (TPSA) is 84.5 Å². The van der Waals surface area contributed by atoms with Crippen LogP contribution in [0.1, 0.15) is 13.8 Å². The van der Waals surface area contributed by atoms with E-state index >= 15 is 0 Å². The van der Waals surface area contributed by atoms with Gasteiger partial charge < -0.3 is 4.74 Å². The van der Waals surface area contributed by atoms with Crippen LogP contribution in [0.5, 0.6) is 5.75 Å². The molecule has 0 bridgehead atoms. The molecule has 0 spiro atoms. The van der Waals surface area contributed by atoms with Crippen LogP contribution >= 0.6 is 0 Å². The number of nitrogens with one attached hydrogen (secondary N) is 2. The molecule has 2 N–H and O–H groups in total. The number of amides is 1. The van der Waals surface area contributed by atoms with E-state index in [9.17, 15) is 26.4 Å². The number of hydrogen-bond donors (Lipinski definition) is 2. The fourth-order valence-corrected chi connectivity index (χ4v) is 2.18. The molecule has 0 aliphatic carbocycles. The van der Waals surface area contributed by atoms with Crippen LogP contribution in [0.15, 0.2) is 29.2 Å². The molecule has 0 saturated carbocycles. The Hall–Kier alpha value is -1.81. The molecule has 0 radical (unpaired) electrons. The number of hydrogen-bond acceptors (Lipinski definition) is 4. The summed E-state index contributed by atoms with van der Waals surface area (Å²) in [6.45, 7) is 3.04. The van der Waals surface area contributed by atoms with Gasteiger partial charge in [0.1, 0.15) is 10.6 Å². The number of rotatable bonds is 5. The predicted molar refractivity (Wildman–Crippen MR) is 66.4 cm³/mol. The van der Waals surface area contributed by atoms with E-state index in [1.807, 2.05) is 5.43 Å². The van der Waals surface area contributed by atoms with Gasteiger partial charge in [-0.05, 0) is 12.1 Å². The second kappa shape index (κ2) is 6.31. The molecule has 1 aromatic rings. The lowest BCUT2D eigenvalue weighted by molar-refractivity contribution is -0.275. The fraction of sp³-hybridized carbons (Fsp3) is 0.364. The average Bonchev–Trinajstić information content (AvgIpc) is 2.34. The summed E-state index contributed by atoms with van der Waals surface area (Å²) in [5.41, 5.74) is 1.90. The van der Waals surface area contributed by atoms with Crippen LogP contribution in [-0.4, -0.2) is 20.7 Å². The van der Waals surface area contributed by atoms with Gasteiger partial charge in [-0.1, -0.05) is 26.0 Å². The van der Waals surface area contributed by atoms with Crippen molar-refractivity contribution in [1.29, 1.82) is 0 Å². The molecule has 21 heavy (non-hydrogen) atoms. The Labute approximate surface area is 119 Å². The molecule has 10 heteroatoms. The van der Waals surface area contributed by atoms with Crippen LogP contribution < -0.4 is 15.0 Å².